The van der Waals surface area contributed by atoms with Crippen LogP contribution in [0, 0.1) is 0 Å². The summed E-state index contributed by atoms with van der Waals surface area (Å²) in [4.78, 5) is 11.9. The second-order valence-corrected chi connectivity index (χ2v) is 3.11. The molecule has 2 heteroatoms. The molecule has 1 aromatic heterocycles. The summed E-state index contributed by atoms with van der Waals surface area (Å²) in [6.45, 7) is 3.55. The average molecular weight is 198 g/mol. The zero-order valence-electron chi connectivity index (χ0n) is 8.14. The van der Waals surface area contributed by atoms with Crippen molar-refractivity contribution >= 4 is 17.0 Å². The lowest BCUT2D eigenvalue weighted by molar-refractivity contribution is 0.601. The van der Waals surface area contributed by atoms with Crippen molar-refractivity contribution in [2.75, 3.05) is 0 Å². The molecule has 0 aliphatic carbocycles. The lowest BCUT2D eigenvalue weighted by atomic mass is 10.1. The summed E-state index contributed by atoms with van der Waals surface area (Å²) < 4.78 is 5.34. The Labute approximate surface area is 87.2 Å². The predicted octanol–water partition coefficient (Wildman–Crippen LogP) is 2.99. The van der Waals surface area contributed by atoms with Crippen molar-refractivity contribution in [3.05, 3.63) is 65.0 Å². The monoisotopic (exact) mass is 198 g/mol. The maximum Gasteiger partial charge on any atom is 0.199 e. The average Bonchev–Trinajstić information content (AvgIpc) is 2.29. The summed E-state index contributed by atoms with van der Waals surface area (Å²) in [5.74, 6) is 0. The van der Waals surface area contributed by atoms with Gasteiger partial charge in [-0.05, 0) is 18.2 Å². The molecule has 2 aromatic rings. The zero-order chi connectivity index (χ0) is 10.7. The van der Waals surface area contributed by atoms with Crippen LogP contribution in [0.3, 0.4) is 0 Å². The van der Waals surface area contributed by atoms with Gasteiger partial charge in [-0.2, -0.15) is 0 Å². The molecule has 0 N–H and O–H groups in total. The Morgan fingerprint density at radius 1 is 1.27 bits per heavy atom. The van der Waals surface area contributed by atoms with Gasteiger partial charge < -0.3 is 4.42 Å². The molecule has 0 fully saturated rings. The van der Waals surface area contributed by atoms with Crippen molar-refractivity contribution in [1.29, 1.82) is 0 Å². The van der Waals surface area contributed by atoms with Crippen molar-refractivity contribution in [2.24, 2.45) is 0 Å². The summed E-state index contributed by atoms with van der Waals surface area (Å²) in [6, 6.07) is 7.19. The largest absolute Gasteiger partial charge is 0.463 e. The highest BCUT2D eigenvalue weighted by atomic mass is 16.3. The minimum Gasteiger partial charge on any atom is -0.463 e. The summed E-state index contributed by atoms with van der Waals surface area (Å²) >= 11 is 0. The first-order chi connectivity index (χ1) is 7.33. The SMILES string of the molecule is C=C/C=C/c1coc2ccccc2c1=O. The molecular formula is C13H10O2. The van der Waals surface area contributed by atoms with Crippen molar-refractivity contribution < 1.29 is 4.42 Å². The molecule has 2 rings (SSSR count). The van der Waals surface area contributed by atoms with Crippen LogP contribution >= 0.6 is 0 Å². The van der Waals surface area contributed by atoms with Gasteiger partial charge in [-0.25, -0.2) is 0 Å². The summed E-state index contributed by atoms with van der Waals surface area (Å²) in [6.07, 6.45) is 6.48. The van der Waals surface area contributed by atoms with E-state index in [1.54, 1.807) is 30.4 Å². The van der Waals surface area contributed by atoms with Gasteiger partial charge in [-0.1, -0.05) is 30.9 Å². The molecule has 0 bridgehead atoms. The van der Waals surface area contributed by atoms with E-state index in [1.165, 1.54) is 6.26 Å². The van der Waals surface area contributed by atoms with Crippen LogP contribution in [0.4, 0.5) is 0 Å². The van der Waals surface area contributed by atoms with Gasteiger partial charge in [0.05, 0.1) is 10.9 Å². The predicted molar refractivity (Wildman–Crippen MR) is 61.7 cm³/mol. The van der Waals surface area contributed by atoms with Crippen LogP contribution in [0.2, 0.25) is 0 Å². The number of allylic oxidation sites excluding steroid dienone is 2. The van der Waals surface area contributed by atoms with Gasteiger partial charge in [0.1, 0.15) is 11.8 Å². The molecule has 1 heterocycles. The molecule has 0 saturated carbocycles. The third kappa shape index (κ3) is 1.74. The summed E-state index contributed by atoms with van der Waals surface area (Å²) in [7, 11) is 0. The Kier molecular flexibility index (Phi) is 2.50. The van der Waals surface area contributed by atoms with Gasteiger partial charge >= 0.3 is 0 Å². The molecule has 0 aliphatic heterocycles. The number of benzene rings is 1. The van der Waals surface area contributed by atoms with E-state index in [-0.39, 0.29) is 5.43 Å². The number of hydrogen-bond acceptors (Lipinski definition) is 2. The summed E-state index contributed by atoms with van der Waals surface area (Å²) in [5, 5.41) is 0.601. The van der Waals surface area contributed by atoms with Crippen LogP contribution in [0.25, 0.3) is 17.0 Å². The normalized spacial score (nSPS) is 10.9. The van der Waals surface area contributed by atoms with Crippen LogP contribution in [-0.2, 0) is 0 Å². The maximum absolute atomic E-state index is 11.9. The van der Waals surface area contributed by atoms with Crippen LogP contribution < -0.4 is 5.43 Å². The summed E-state index contributed by atoms with van der Waals surface area (Å²) in [5.41, 5.74) is 1.13. The lowest BCUT2D eigenvalue weighted by Crippen LogP contribution is -2.04. The highest BCUT2D eigenvalue weighted by Gasteiger charge is 2.02. The fraction of sp³-hybridized carbons (Fsp3) is 0. The van der Waals surface area contributed by atoms with E-state index in [4.69, 9.17) is 4.42 Å². The van der Waals surface area contributed by atoms with E-state index in [1.807, 2.05) is 12.1 Å². The smallest absolute Gasteiger partial charge is 0.199 e. The molecule has 0 aliphatic rings. The molecule has 0 atom stereocenters. The second kappa shape index (κ2) is 3.96. The van der Waals surface area contributed by atoms with E-state index < -0.39 is 0 Å². The Hall–Kier alpha value is -2.09. The number of fused-ring (bicyclic) bond motifs is 1. The molecule has 0 unspecified atom stereocenters. The van der Waals surface area contributed by atoms with Crippen molar-refractivity contribution in [3.8, 4) is 0 Å². The van der Waals surface area contributed by atoms with E-state index >= 15 is 0 Å². The van der Waals surface area contributed by atoms with Crippen LogP contribution in [0.15, 0.2) is 58.5 Å². The molecule has 1 aromatic carbocycles. The fourth-order valence-electron chi connectivity index (χ4n) is 1.38. The minimum absolute atomic E-state index is 0.0186. The molecule has 0 amide bonds. The van der Waals surface area contributed by atoms with Crippen molar-refractivity contribution in [3.63, 3.8) is 0 Å². The van der Waals surface area contributed by atoms with E-state index in [0.29, 0.717) is 16.5 Å². The Bertz CT molecular complexity index is 576. The Morgan fingerprint density at radius 3 is 2.87 bits per heavy atom. The van der Waals surface area contributed by atoms with Crippen molar-refractivity contribution in [1.82, 2.24) is 0 Å². The number of hydrogen-bond donors (Lipinski definition) is 0. The molecule has 0 radical (unpaired) electrons. The van der Waals surface area contributed by atoms with Crippen LogP contribution in [-0.4, -0.2) is 0 Å². The third-order valence-corrected chi connectivity index (χ3v) is 2.12. The van der Waals surface area contributed by atoms with Crippen molar-refractivity contribution in [2.45, 2.75) is 0 Å². The zero-order valence-corrected chi connectivity index (χ0v) is 8.14. The molecule has 2 nitrogen and oxygen atoms in total. The second-order valence-electron chi connectivity index (χ2n) is 3.11. The molecule has 74 valence electrons. The lowest BCUT2D eigenvalue weighted by Gasteiger charge is -1.96. The van der Waals surface area contributed by atoms with Gasteiger partial charge in [0.2, 0.25) is 0 Å². The third-order valence-electron chi connectivity index (χ3n) is 2.12. The van der Waals surface area contributed by atoms with Gasteiger partial charge in [0, 0.05) is 0 Å². The quantitative estimate of drug-likeness (QED) is 0.694. The first kappa shape index (κ1) is 9.46. The standard InChI is InChI=1S/C13H10O2/c1-2-3-6-10-9-15-12-8-5-4-7-11(12)13(10)14/h2-9H,1H2/b6-3+. The minimum atomic E-state index is -0.0186. The topological polar surface area (TPSA) is 30.2 Å². The highest BCUT2D eigenvalue weighted by Crippen LogP contribution is 2.10. The number of para-hydroxylation sites is 1. The Morgan fingerprint density at radius 2 is 2.07 bits per heavy atom. The van der Waals surface area contributed by atoms with E-state index in [9.17, 15) is 4.79 Å². The van der Waals surface area contributed by atoms with Gasteiger partial charge in [0.15, 0.2) is 5.43 Å². The van der Waals surface area contributed by atoms with Gasteiger partial charge in [-0.3, -0.25) is 4.79 Å². The molecule has 0 spiro atoms. The Balaban J connectivity index is 2.70. The van der Waals surface area contributed by atoms with Crippen LogP contribution in [0.1, 0.15) is 5.56 Å². The first-order valence-corrected chi connectivity index (χ1v) is 4.62. The molecule has 0 saturated heterocycles. The van der Waals surface area contributed by atoms with Crippen LogP contribution in [0.5, 0.6) is 0 Å². The number of rotatable bonds is 2. The molecular weight excluding hydrogens is 188 g/mol. The van der Waals surface area contributed by atoms with E-state index in [0.717, 1.165) is 0 Å². The fourth-order valence-corrected chi connectivity index (χ4v) is 1.38. The highest BCUT2D eigenvalue weighted by molar-refractivity contribution is 5.78. The first-order valence-electron chi connectivity index (χ1n) is 4.62. The van der Waals surface area contributed by atoms with Gasteiger partial charge in [0.25, 0.3) is 0 Å². The molecule has 15 heavy (non-hydrogen) atoms. The van der Waals surface area contributed by atoms with E-state index in [2.05, 4.69) is 6.58 Å². The maximum atomic E-state index is 11.9. The van der Waals surface area contributed by atoms with Gasteiger partial charge in [-0.15, -0.1) is 0 Å².